The third-order valence-electron chi connectivity index (χ3n) is 10.0. The Kier molecular flexibility index (Phi) is 12.1. The molecule has 0 radical (unpaired) electrons. The van der Waals surface area contributed by atoms with E-state index < -0.39 is 23.2 Å². The van der Waals surface area contributed by atoms with E-state index in [2.05, 4.69) is 15.5 Å². The summed E-state index contributed by atoms with van der Waals surface area (Å²) >= 11 is 12.7. The fourth-order valence-electron chi connectivity index (χ4n) is 6.85. The summed E-state index contributed by atoms with van der Waals surface area (Å²) in [4.78, 5) is 46.2. The number of rotatable bonds is 13. The van der Waals surface area contributed by atoms with Crippen LogP contribution in [-0.2, 0) is 31.8 Å². The van der Waals surface area contributed by atoms with Crippen LogP contribution in [0.25, 0.3) is 0 Å². The molecule has 1 fully saturated rings. The van der Waals surface area contributed by atoms with E-state index >= 15 is 0 Å². The molecule has 5 rings (SSSR count). The van der Waals surface area contributed by atoms with Crippen molar-refractivity contribution in [3.05, 3.63) is 99.3 Å². The number of hydrogen-bond donors (Lipinski definition) is 2. The molecule has 0 aliphatic carbocycles. The summed E-state index contributed by atoms with van der Waals surface area (Å²) in [5, 5.41) is 6.80. The molecule has 9 nitrogen and oxygen atoms in total. The molecule has 2 aliphatic heterocycles. The zero-order valence-electron chi connectivity index (χ0n) is 29.1. The maximum absolute atomic E-state index is 14.4. The van der Waals surface area contributed by atoms with Crippen LogP contribution in [0, 0.1) is 5.82 Å². The second-order valence-electron chi connectivity index (χ2n) is 13.8. The average Bonchev–Trinajstić information content (AvgIpc) is 3.09. The number of fused-ring (bicyclic) bond motifs is 2. The van der Waals surface area contributed by atoms with Crippen molar-refractivity contribution in [2.24, 2.45) is 0 Å². The Morgan fingerprint density at radius 1 is 1.04 bits per heavy atom. The highest BCUT2D eigenvalue weighted by Crippen LogP contribution is 2.45. The molecule has 50 heavy (non-hydrogen) atoms. The van der Waals surface area contributed by atoms with E-state index in [1.807, 2.05) is 62.3 Å². The molecule has 0 aromatic heterocycles. The van der Waals surface area contributed by atoms with Gasteiger partial charge in [-0.3, -0.25) is 14.5 Å². The molecule has 1 saturated heterocycles. The molecule has 2 N–H and O–H groups in total. The van der Waals surface area contributed by atoms with Gasteiger partial charge in [-0.15, -0.1) is 0 Å². The lowest BCUT2D eigenvalue weighted by molar-refractivity contribution is -0.132. The minimum absolute atomic E-state index is 0.251. The molecule has 2 aliphatic rings. The van der Waals surface area contributed by atoms with E-state index in [0.29, 0.717) is 91.7 Å². The van der Waals surface area contributed by atoms with Crippen molar-refractivity contribution in [1.82, 2.24) is 20.4 Å². The van der Waals surface area contributed by atoms with Crippen molar-refractivity contribution in [1.29, 1.82) is 0 Å². The number of halogens is 3. The van der Waals surface area contributed by atoms with Crippen molar-refractivity contribution in [2.45, 2.75) is 56.1 Å². The first-order chi connectivity index (χ1) is 23.8. The molecule has 0 unspecified atom stereocenters. The van der Waals surface area contributed by atoms with Gasteiger partial charge < -0.3 is 25.2 Å². The van der Waals surface area contributed by atoms with Crippen LogP contribution in [0.2, 0.25) is 10.0 Å². The molecule has 1 spiro atoms. The predicted octanol–water partition coefficient (Wildman–Crippen LogP) is 6.15. The number of carbonyl (C=O) groups is 3. The molecule has 2 atom stereocenters. The van der Waals surface area contributed by atoms with Crippen LogP contribution in [0.15, 0.2) is 66.7 Å². The third kappa shape index (κ3) is 8.60. The van der Waals surface area contributed by atoms with Gasteiger partial charge in [-0.1, -0.05) is 59.6 Å². The van der Waals surface area contributed by atoms with Gasteiger partial charge in [-0.25, -0.2) is 9.18 Å². The van der Waals surface area contributed by atoms with Gasteiger partial charge in [0.25, 0.3) is 0 Å². The SMILES string of the molecule is CN(C)CCNC(=O)[C@@H](Cc1ccccc1)NC(=O)[C@](C)(CCCN1CCC2(CC1)OC(=O)N(C)c1ccc(F)cc12)c1ccc(Cl)c(Cl)c1. The van der Waals surface area contributed by atoms with Crippen LogP contribution in [-0.4, -0.2) is 87.6 Å². The summed E-state index contributed by atoms with van der Waals surface area (Å²) in [6, 6.07) is 18.5. The van der Waals surface area contributed by atoms with E-state index in [-0.39, 0.29) is 17.6 Å². The Morgan fingerprint density at radius 3 is 2.44 bits per heavy atom. The number of likely N-dealkylation sites (N-methyl/N-ethyl adjacent to an activating group) is 1. The largest absolute Gasteiger partial charge is 0.437 e. The second kappa shape index (κ2) is 16.1. The lowest BCUT2D eigenvalue weighted by atomic mass is 9.77. The maximum atomic E-state index is 14.4. The number of benzene rings is 3. The molecule has 268 valence electrons. The van der Waals surface area contributed by atoms with Crippen molar-refractivity contribution in [3.8, 4) is 0 Å². The van der Waals surface area contributed by atoms with Gasteiger partial charge in [0.05, 0.1) is 21.1 Å². The highest BCUT2D eigenvalue weighted by molar-refractivity contribution is 6.42. The normalized spacial score (nSPS) is 17.5. The third-order valence-corrected chi connectivity index (χ3v) is 10.7. The second-order valence-corrected chi connectivity index (χ2v) is 14.6. The van der Waals surface area contributed by atoms with Crippen molar-refractivity contribution < 1.29 is 23.5 Å². The average molecular weight is 727 g/mol. The fourth-order valence-corrected chi connectivity index (χ4v) is 7.15. The Balaban J connectivity index is 1.30. The number of anilines is 1. The van der Waals surface area contributed by atoms with E-state index in [0.717, 1.165) is 5.56 Å². The minimum Gasteiger partial charge on any atom is -0.437 e. The summed E-state index contributed by atoms with van der Waals surface area (Å²) in [5.74, 6) is -0.901. The van der Waals surface area contributed by atoms with Crippen LogP contribution in [0.5, 0.6) is 0 Å². The summed E-state index contributed by atoms with van der Waals surface area (Å²) < 4.78 is 20.3. The summed E-state index contributed by atoms with van der Waals surface area (Å²) in [5.41, 5.74) is 1.07. The number of carbonyl (C=O) groups excluding carboxylic acids is 3. The van der Waals surface area contributed by atoms with Crippen LogP contribution >= 0.6 is 23.2 Å². The minimum atomic E-state index is -1.04. The molecule has 3 aromatic rings. The lowest BCUT2D eigenvalue weighted by Crippen LogP contribution is -2.54. The van der Waals surface area contributed by atoms with Gasteiger partial charge in [-0.2, -0.15) is 0 Å². The van der Waals surface area contributed by atoms with Crippen LogP contribution in [0.4, 0.5) is 14.9 Å². The number of hydrogen-bond acceptors (Lipinski definition) is 6. The summed E-state index contributed by atoms with van der Waals surface area (Å²) in [6.45, 7) is 4.94. The van der Waals surface area contributed by atoms with Gasteiger partial charge in [0.1, 0.15) is 17.5 Å². The van der Waals surface area contributed by atoms with Crippen LogP contribution in [0.3, 0.4) is 0 Å². The Morgan fingerprint density at radius 2 is 1.76 bits per heavy atom. The first-order valence-corrected chi connectivity index (χ1v) is 17.8. The number of nitrogens with zero attached hydrogens (tertiary/aromatic N) is 3. The molecule has 0 bridgehead atoms. The van der Waals surface area contributed by atoms with Crippen molar-refractivity contribution >= 4 is 46.8 Å². The fraction of sp³-hybridized carbons (Fsp3) is 0.447. The first-order valence-electron chi connectivity index (χ1n) is 17.0. The number of amides is 3. The molecule has 12 heteroatoms. The monoisotopic (exact) mass is 725 g/mol. The molecular formula is C38H46Cl2FN5O4. The molecule has 3 amide bonds. The number of piperidine rings is 1. The van der Waals surface area contributed by atoms with Gasteiger partial charge >= 0.3 is 6.09 Å². The Labute approximate surface area is 304 Å². The van der Waals surface area contributed by atoms with Gasteiger partial charge in [0, 0.05) is 58.1 Å². The van der Waals surface area contributed by atoms with Crippen LogP contribution < -0.4 is 15.5 Å². The van der Waals surface area contributed by atoms with E-state index in [4.69, 9.17) is 27.9 Å². The zero-order valence-corrected chi connectivity index (χ0v) is 30.6. The molecule has 0 saturated carbocycles. The molecule has 2 heterocycles. The molecule has 3 aromatic carbocycles. The van der Waals surface area contributed by atoms with Gasteiger partial charge in [-0.05, 0) is 81.9 Å². The summed E-state index contributed by atoms with van der Waals surface area (Å²) in [6.07, 6.45) is 2.06. The van der Waals surface area contributed by atoms with E-state index in [9.17, 15) is 18.8 Å². The highest BCUT2D eigenvalue weighted by atomic mass is 35.5. The Bertz CT molecular complexity index is 1680. The smallest absolute Gasteiger partial charge is 0.414 e. The number of nitrogens with one attached hydrogen (secondary N) is 2. The highest BCUT2D eigenvalue weighted by Gasteiger charge is 2.46. The molecular weight excluding hydrogens is 680 g/mol. The maximum Gasteiger partial charge on any atom is 0.414 e. The van der Waals surface area contributed by atoms with Crippen molar-refractivity contribution in [2.75, 3.05) is 58.8 Å². The quantitative estimate of drug-likeness (QED) is 0.220. The predicted molar refractivity (Wildman–Crippen MR) is 195 cm³/mol. The summed E-state index contributed by atoms with van der Waals surface area (Å²) in [7, 11) is 5.50. The lowest BCUT2D eigenvalue weighted by Gasteiger charge is -2.46. The first kappa shape index (κ1) is 37.6. The Hall–Kier alpha value is -3.70. The van der Waals surface area contributed by atoms with Gasteiger partial charge in [0.15, 0.2) is 0 Å². The van der Waals surface area contributed by atoms with Crippen LogP contribution in [0.1, 0.15) is 49.3 Å². The number of likely N-dealkylation sites (tertiary alicyclic amines) is 1. The standard InChI is InChI=1S/C38H46Cl2FN5O4/c1-37(27-11-13-30(39)31(40)24-27,35(48)43-32(23-26-9-6-5-7-10-26)34(47)42-18-22-44(2)3)15-8-19-46-20-16-38(17-21-46)29-25-28(41)12-14-33(29)45(4)36(49)50-38/h5-7,9-14,24-25,32H,8,15-23H2,1-4H3,(H,42,47)(H,43,48)/t32-,37-/m1/s1. The van der Waals surface area contributed by atoms with E-state index in [1.165, 1.54) is 17.0 Å². The zero-order chi connectivity index (χ0) is 36.1. The number of ether oxygens (including phenoxy) is 1. The van der Waals surface area contributed by atoms with Gasteiger partial charge in [0.2, 0.25) is 11.8 Å². The topological polar surface area (TPSA) is 94.2 Å². The van der Waals surface area contributed by atoms with Crippen molar-refractivity contribution in [3.63, 3.8) is 0 Å². The van der Waals surface area contributed by atoms with E-state index in [1.54, 1.807) is 25.2 Å².